The number of hydrogen-bond donors (Lipinski definition) is 1. The largest absolute Gasteiger partial charge is 0.494 e. The Kier molecular flexibility index (Phi) is 8.14. The molecule has 0 fully saturated rings. The van der Waals surface area contributed by atoms with Crippen molar-refractivity contribution in [1.29, 1.82) is 0 Å². The van der Waals surface area contributed by atoms with Crippen LogP contribution in [0.4, 0.5) is 5.69 Å². The van der Waals surface area contributed by atoms with Crippen LogP contribution in [-0.4, -0.2) is 51.8 Å². The maximum atomic E-state index is 13.1. The van der Waals surface area contributed by atoms with Crippen LogP contribution < -0.4 is 10.1 Å². The van der Waals surface area contributed by atoms with Crippen LogP contribution >= 0.6 is 23.2 Å². The first-order valence-electron chi connectivity index (χ1n) is 9.95. The van der Waals surface area contributed by atoms with Gasteiger partial charge in [-0.15, -0.1) is 4.40 Å². The fraction of sp³-hybridized carbons (Fsp3) is 0.174. The molecule has 34 heavy (non-hydrogen) atoms. The van der Waals surface area contributed by atoms with Gasteiger partial charge in [-0.3, -0.25) is 4.79 Å². The van der Waals surface area contributed by atoms with Gasteiger partial charge in [-0.25, -0.2) is 4.98 Å². The van der Waals surface area contributed by atoms with Crippen molar-refractivity contribution in [3.8, 4) is 16.9 Å². The van der Waals surface area contributed by atoms with Crippen LogP contribution in [0, 0.1) is 0 Å². The standard InChI is InChI=1S/C23H22Cl2N4O4S/c1-29(2)14-27-34(31,32)21-12-17(28-22(30)11-15-6-4-5-7-19(15)24)8-9-18(21)16-10-20(33-3)23(25)26-13-16/h4-10,12-14H,11H2,1-3H3,(H,28,30). The molecule has 11 heteroatoms. The highest BCUT2D eigenvalue weighted by Crippen LogP contribution is 2.34. The molecule has 8 nitrogen and oxygen atoms in total. The van der Waals surface area contributed by atoms with Gasteiger partial charge < -0.3 is 15.0 Å². The van der Waals surface area contributed by atoms with Gasteiger partial charge in [0.1, 0.15) is 6.34 Å². The zero-order valence-electron chi connectivity index (χ0n) is 18.6. The molecule has 0 saturated heterocycles. The van der Waals surface area contributed by atoms with Crippen molar-refractivity contribution in [2.75, 3.05) is 26.5 Å². The molecule has 0 bridgehead atoms. The average molecular weight is 521 g/mol. The Morgan fingerprint density at radius 1 is 1.18 bits per heavy atom. The fourth-order valence-electron chi connectivity index (χ4n) is 3.00. The molecule has 2 aromatic carbocycles. The Morgan fingerprint density at radius 3 is 2.59 bits per heavy atom. The van der Waals surface area contributed by atoms with Gasteiger partial charge in [0.15, 0.2) is 10.9 Å². The minimum Gasteiger partial charge on any atom is -0.494 e. The van der Waals surface area contributed by atoms with Gasteiger partial charge in [0.25, 0.3) is 10.0 Å². The molecule has 3 aromatic rings. The number of rotatable bonds is 8. The minimum atomic E-state index is -4.13. The number of carbonyl (C=O) groups excluding carboxylic acids is 1. The summed E-state index contributed by atoms with van der Waals surface area (Å²) in [6.45, 7) is 0. The average Bonchev–Trinajstić information content (AvgIpc) is 2.80. The van der Waals surface area contributed by atoms with Crippen molar-refractivity contribution in [3.63, 3.8) is 0 Å². The van der Waals surface area contributed by atoms with Gasteiger partial charge >= 0.3 is 0 Å². The van der Waals surface area contributed by atoms with Gasteiger partial charge in [-0.05, 0) is 29.8 Å². The molecule has 0 aliphatic rings. The molecule has 0 saturated carbocycles. The van der Waals surface area contributed by atoms with Crippen LogP contribution in [0.25, 0.3) is 11.1 Å². The van der Waals surface area contributed by atoms with Crippen LogP contribution in [0.5, 0.6) is 5.75 Å². The normalized spacial score (nSPS) is 11.4. The highest BCUT2D eigenvalue weighted by molar-refractivity contribution is 7.90. The minimum absolute atomic E-state index is 0.0284. The van der Waals surface area contributed by atoms with Crippen LogP contribution in [0.2, 0.25) is 10.2 Å². The fourth-order valence-corrected chi connectivity index (χ4v) is 4.55. The summed E-state index contributed by atoms with van der Waals surface area (Å²) >= 11 is 12.2. The lowest BCUT2D eigenvalue weighted by Gasteiger charge is -2.13. The second-order valence-electron chi connectivity index (χ2n) is 7.40. The summed E-state index contributed by atoms with van der Waals surface area (Å²) in [6.07, 6.45) is 2.65. The van der Waals surface area contributed by atoms with Crippen molar-refractivity contribution >= 4 is 51.2 Å². The van der Waals surface area contributed by atoms with Crippen molar-refractivity contribution in [2.45, 2.75) is 11.3 Å². The van der Waals surface area contributed by atoms with E-state index in [1.165, 1.54) is 30.6 Å². The van der Waals surface area contributed by atoms with Crippen LogP contribution in [0.3, 0.4) is 0 Å². The first-order valence-corrected chi connectivity index (χ1v) is 12.1. The number of carbonyl (C=O) groups is 1. The van der Waals surface area contributed by atoms with Gasteiger partial charge in [-0.2, -0.15) is 8.42 Å². The smallest absolute Gasteiger partial charge is 0.284 e. The van der Waals surface area contributed by atoms with Crippen molar-refractivity contribution in [2.24, 2.45) is 4.40 Å². The first kappa shape index (κ1) is 25.5. The number of nitrogens with zero attached hydrogens (tertiary/aromatic N) is 3. The number of pyridine rings is 1. The number of amides is 1. The van der Waals surface area contributed by atoms with E-state index in [0.717, 1.165) is 0 Å². The summed E-state index contributed by atoms with van der Waals surface area (Å²) in [5.41, 5.74) is 1.71. The topological polar surface area (TPSA) is 101 Å². The first-order chi connectivity index (χ1) is 16.1. The maximum Gasteiger partial charge on any atom is 0.284 e. The number of methoxy groups -OCH3 is 1. The van der Waals surface area contributed by atoms with Crippen LogP contribution in [0.1, 0.15) is 5.56 Å². The number of halogens is 2. The number of sulfonamides is 1. The van der Waals surface area contributed by atoms with Gasteiger partial charge in [0.05, 0.1) is 18.4 Å². The predicted molar refractivity (Wildman–Crippen MR) is 134 cm³/mol. The van der Waals surface area contributed by atoms with E-state index in [2.05, 4.69) is 14.7 Å². The molecule has 0 aliphatic heterocycles. The Bertz CT molecular complexity index is 1340. The third kappa shape index (κ3) is 6.25. The molecule has 0 unspecified atom stereocenters. The lowest BCUT2D eigenvalue weighted by Crippen LogP contribution is -2.15. The van der Waals surface area contributed by atoms with E-state index in [1.54, 1.807) is 56.6 Å². The molecule has 0 spiro atoms. The zero-order chi connectivity index (χ0) is 24.9. The monoisotopic (exact) mass is 520 g/mol. The summed E-state index contributed by atoms with van der Waals surface area (Å²) in [4.78, 5) is 18.0. The van der Waals surface area contributed by atoms with E-state index < -0.39 is 10.0 Å². The molecule has 0 atom stereocenters. The Labute approximate surface area is 208 Å². The highest BCUT2D eigenvalue weighted by atomic mass is 35.5. The number of benzene rings is 2. The van der Waals surface area contributed by atoms with E-state index >= 15 is 0 Å². The zero-order valence-corrected chi connectivity index (χ0v) is 20.9. The number of anilines is 1. The van der Waals surface area contributed by atoms with E-state index in [1.807, 2.05) is 0 Å². The number of ether oxygens (including phenoxy) is 1. The second kappa shape index (κ2) is 10.9. The van der Waals surface area contributed by atoms with Gasteiger partial charge in [0, 0.05) is 42.1 Å². The molecule has 1 heterocycles. The maximum absolute atomic E-state index is 13.1. The lowest BCUT2D eigenvalue weighted by atomic mass is 10.1. The Balaban J connectivity index is 2.02. The molecule has 3 rings (SSSR count). The SMILES string of the molecule is COc1cc(-c2ccc(NC(=O)Cc3ccccc3Cl)cc2S(=O)(=O)N=CN(C)C)cnc1Cl. The number of hydrogen-bond acceptors (Lipinski definition) is 5. The van der Waals surface area contributed by atoms with Gasteiger partial charge in [-0.1, -0.05) is 47.5 Å². The summed E-state index contributed by atoms with van der Waals surface area (Å²) in [5, 5.41) is 3.33. The summed E-state index contributed by atoms with van der Waals surface area (Å²) < 4.78 is 35.1. The summed E-state index contributed by atoms with van der Waals surface area (Å²) in [5.74, 6) is -0.0627. The van der Waals surface area contributed by atoms with Crippen LogP contribution in [-0.2, 0) is 21.2 Å². The summed E-state index contributed by atoms with van der Waals surface area (Å²) in [6, 6.07) is 13.1. The van der Waals surface area contributed by atoms with Gasteiger partial charge in [0.2, 0.25) is 5.91 Å². The number of nitrogens with one attached hydrogen (secondary N) is 1. The third-order valence-corrected chi connectivity index (χ3v) is 6.52. The third-order valence-electron chi connectivity index (χ3n) is 4.61. The Hall–Kier alpha value is -3.14. The molecule has 178 valence electrons. The van der Waals surface area contributed by atoms with Crippen molar-refractivity contribution < 1.29 is 17.9 Å². The number of aromatic nitrogens is 1. The molecule has 1 amide bonds. The molecule has 0 radical (unpaired) electrons. The highest BCUT2D eigenvalue weighted by Gasteiger charge is 2.21. The summed E-state index contributed by atoms with van der Waals surface area (Å²) in [7, 11) is 0.604. The molecular formula is C23H22Cl2N4O4S. The van der Waals surface area contributed by atoms with E-state index in [-0.39, 0.29) is 33.8 Å². The van der Waals surface area contributed by atoms with Crippen molar-refractivity contribution in [1.82, 2.24) is 9.88 Å². The van der Waals surface area contributed by atoms with E-state index in [9.17, 15) is 13.2 Å². The quantitative estimate of drug-likeness (QED) is 0.266. The van der Waals surface area contributed by atoms with Crippen molar-refractivity contribution in [3.05, 3.63) is 70.5 Å². The molecule has 1 aromatic heterocycles. The van der Waals surface area contributed by atoms with Crippen LogP contribution in [0.15, 0.2) is 64.0 Å². The second-order valence-corrected chi connectivity index (χ2v) is 9.77. The Morgan fingerprint density at radius 2 is 1.91 bits per heavy atom. The molecule has 0 aliphatic carbocycles. The molecular weight excluding hydrogens is 499 g/mol. The van der Waals surface area contributed by atoms with E-state index in [0.29, 0.717) is 21.7 Å². The predicted octanol–water partition coefficient (Wildman–Crippen LogP) is 4.52. The molecule has 1 N–H and O–H groups in total. The van der Waals surface area contributed by atoms with E-state index in [4.69, 9.17) is 27.9 Å². The lowest BCUT2D eigenvalue weighted by molar-refractivity contribution is -0.115.